The van der Waals surface area contributed by atoms with Crippen molar-refractivity contribution in [1.29, 1.82) is 0 Å². The van der Waals surface area contributed by atoms with Gasteiger partial charge in [0, 0.05) is 31.1 Å². The molecule has 1 amide bonds. The highest BCUT2D eigenvalue weighted by Gasteiger charge is 2.48. The van der Waals surface area contributed by atoms with Crippen LogP contribution in [0.1, 0.15) is 23.6 Å². The van der Waals surface area contributed by atoms with E-state index in [1.54, 1.807) is 25.1 Å². The molecule has 1 aliphatic heterocycles. The van der Waals surface area contributed by atoms with E-state index < -0.39 is 21.3 Å². The summed E-state index contributed by atoms with van der Waals surface area (Å²) in [5, 5.41) is 7.69. The van der Waals surface area contributed by atoms with Crippen molar-refractivity contribution in [3.8, 4) is 11.3 Å². The summed E-state index contributed by atoms with van der Waals surface area (Å²) in [5.74, 6) is -0.419. The zero-order valence-electron chi connectivity index (χ0n) is 17.0. The first-order valence-corrected chi connectivity index (χ1v) is 11.0. The molecule has 1 saturated heterocycles. The number of carbonyl (C=O) groups excluding carboxylic acids is 1. The van der Waals surface area contributed by atoms with Gasteiger partial charge in [0.1, 0.15) is 27.9 Å². The third-order valence-corrected chi connectivity index (χ3v) is 7.71. The second-order valence-corrected chi connectivity index (χ2v) is 9.62. The van der Waals surface area contributed by atoms with Crippen molar-refractivity contribution in [1.82, 2.24) is 14.6 Å². The predicted octanol–water partition coefficient (Wildman–Crippen LogP) is 2.19. The van der Waals surface area contributed by atoms with Crippen molar-refractivity contribution in [2.75, 3.05) is 13.1 Å². The number of rotatable bonds is 6. The van der Waals surface area contributed by atoms with Gasteiger partial charge in [-0.2, -0.15) is 4.31 Å². The molecule has 31 heavy (non-hydrogen) atoms. The Labute approximate surface area is 178 Å². The topological polar surface area (TPSA) is 133 Å². The zero-order valence-corrected chi connectivity index (χ0v) is 17.8. The largest absolute Gasteiger partial charge is 0.369 e. The van der Waals surface area contributed by atoms with Crippen LogP contribution in [0, 0.1) is 25.1 Å². The molecule has 0 saturated carbocycles. The summed E-state index contributed by atoms with van der Waals surface area (Å²) >= 11 is 0. The lowest BCUT2D eigenvalue weighted by molar-refractivity contribution is -0.127. The number of amides is 1. The van der Waals surface area contributed by atoms with Crippen LogP contribution < -0.4 is 5.73 Å². The molecule has 2 N–H and O–H groups in total. The van der Waals surface area contributed by atoms with Gasteiger partial charge in [-0.05, 0) is 44.5 Å². The number of halogens is 1. The summed E-state index contributed by atoms with van der Waals surface area (Å²) in [4.78, 5) is 12.4. The Kier molecular flexibility index (Phi) is 5.18. The molecule has 1 aliphatic rings. The molecule has 3 heterocycles. The molecule has 164 valence electrons. The fourth-order valence-corrected chi connectivity index (χ4v) is 5.75. The molecule has 4 rings (SSSR count). The molecule has 3 aromatic rings. The van der Waals surface area contributed by atoms with Crippen LogP contribution in [0.5, 0.6) is 0 Å². The maximum atomic E-state index is 13.1. The molecule has 1 aromatic carbocycles. The highest BCUT2D eigenvalue weighted by molar-refractivity contribution is 7.89. The van der Waals surface area contributed by atoms with Crippen LogP contribution in [0.15, 0.2) is 44.3 Å². The van der Waals surface area contributed by atoms with Crippen LogP contribution in [0.25, 0.3) is 11.3 Å². The zero-order chi connectivity index (χ0) is 22.4. The van der Waals surface area contributed by atoms with Crippen LogP contribution in [0.3, 0.4) is 0 Å². The standard InChI is InChI=1S/C20H21FN4O5S/c1-12-18(13(2)29-23-12)31(27,28)25-8-7-20(11-25,19(22)26)10-16-9-17(24-30-16)14-3-5-15(21)6-4-14/h3-6,9H,7-8,10-11H2,1-2H3,(H2,22,26)/t20-/m0/s1. The van der Waals surface area contributed by atoms with E-state index in [1.165, 1.54) is 23.4 Å². The van der Waals surface area contributed by atoms with Gasteiger partial charge >= 0.3 is 0 Å². The third-order valence-electron chi connectivity index (χ3n) is 5.62. The van der Waals surface area contributed by atoms with E-state index in [-0.39, 0.29) is 48.1 Å². The first-order valence-electron chi connectivity index (χ1n) is 9.57. The third kappa shape index (κ3) is 3.74. The number of sulfonamides is 1. The average Bonchev–Trinajstić information content (AvgIpc) is 3.43. The van der Waals surface area contributed by atoms with Gasteiger partial charge in [-0.15, -0.1) is 0 Å². The minimum Gasteiger partial charge on any atom is -0.369 e. The fourth-order valence-electron chi connectivity index (χ4n) is 3.93. The second-order valence-electron chi connectivity index (χ2n) is 7.75. The number of nitrogens with two attached hydrogens (primary N) is 1. The van der Waals surface area contributed by atoms with Crippen LogP contribution in [-0.2, 0) is 21.2 Å². The maximum Gasteiger partial charge on any atom is 0.248 e. The fraction of sp³-hybridized carbons (Fsp3) is 0.350. The monoisotopic (exact) mass is 448 g/mol. The molecule has 0 aliphatic carbocycles. The Morgan fingerprint density at radius 3 is 2.55 bits per heavy atom. The summed E-state index contributed by atoms with van der Waals surface area (Å²) in [6.45, 7) is 3.09. The summed E-state index contributed by atoms with van der Waals surface area (Å²) in [7, 11) is -3.91. The molecule has 1 atom stereocenters. The first-order chi connectivity index (χ1) is 14.6. The van der Waals surface area contributed by atoms with Crippen LogP contribution in [-0.4, -0.2) is 42.0 Å². The Morgan fingerprint density at radius 1 is 1.23 bits per heavy atom. The van der Waals surface area contributed by atoms with E-state index in [9.17, 15) is 17.6 Å². The molecule has 9 nitrogen and oxygen atoms in total. The molecule has 1 fully saturated rings. The van der Waals surface area contributed by atoms with Crippen molar-refractivity contribution in [3.05, 3.63) is 53.4 Å². The normalized spacial score (nSPS) is 19.7. The van der Waals surface area contributed by atoms with Gasteiger partial charge < -0.3 is 14.8 Å². The minimum absolute atomic E-state index is 0.00558. The van der Waals surface area contributed by atoms with Crippen molar-refractivity contribution < 1.29 is 26.6 Å². The highest BCUT2D eigenvalue weighted by Crippen LogP contribution is 2.38. The highest BCUT2D eigenvalue weighted by atomic mass is 32.2. The molecule has 0 bridgehead atoms. The lowest BCUT2D eigenvalue weighted by Gasteiger charge is -2.24. The van der Waals surface area contributed by atoms with Gasteiger partial charge in [-0.25, -0.2) is 12.8 Å². The van der Waals surface area contributed by atoms with E-state index in [2.05, 4.69) is 10.3 Å². The molecule has 2 aromatic heterocycles. The van der Waals surface area contributed by atoms with Crippen molar-refractivity contribution in [3.63, 3.8) is 0 Å². The van der Waals surface area contributed by atoms with Gasteiger partial charge in [-0.1, -0.05) is 10.3 Å². The van der Waals surface area contributed by atoms with Gasteiger partial charge in [0.15, 0.2) is 5.76 Å². The van der Waals surface area contributed by atoms with E-state index in [0.717, 1.165) is 0 Å². The van der Waals surface area contributed by atoms with E-state index in [0.29, 0.717) is 17.0 Å². The molecule has 0 unspecified atom stereocenters. The second kappa shape index (κ2) is 7.57. The molecule has 0 radical (unpaired) electrons. The number of nitrogens with zero attached hydrogens (tertiary/aromatic N) is 3. The Bertz CT molecular complexity index is 1220. The number of hydrogen-bond acceptors (Lipinski definition) is 7. The number of aromatic nitrogens is 2. The molecule has 0 spiro atoms. The lowest BCUT2D eigenvalue weighted by atomic mass is 9.82. The van der Waals surface area contributed by atoms with Gasteiger partial charge in [0.25, 0.3) is 0 Å². The van der Waals surface area contributed by atoms with E-state index >= 15 is 0 Å². The van der Waals surface area contributed by atoms with Crippen LogP contribution in [0.2, 0.25) is 0 Å². The van der Waals surface area contributed by atoms with Gasteiger partial charge in [0.05, 0.1) is 5.41 Å². The van der Waals surface area contributed by atoms with Gasteiger partial charge in [0.2, 0.25) is 15.9 Å². The SMILES string of the molecule is Cc1noc(C)c1S(=O)(=O)N1CC[C@@](Cc2cc(-c3ccc(F)cc3)no2)(C(N)=O)C1. The van der Waals surface area contributed by atoms with Crippen LogP contribution >= 0.6 is 0 Å². The summed E-state index contributed by atoms with van der Waals surface area (Å²) in [6.07, 6.45) is 0.321. The smallest absolute Gasteiger partial charge is 0.248 e. The van der Waals surface area contributed by atoms with E-state index in [4.69, 9.17) is 14.8 Å². The van der Waals surface area contributed by atoms with Crippen molar-refractivity contribution in [2.24, 2.45) is 11.1 Å². The Balaban J connectivity index is 1.59. The quantitative estimate of drug-likeness (QED) is 0.611. The summed E-state index contributed by atoms with van der Waals surface area (Å²) in [6, 6.07) is 7.39. The predicted molar refractivity (Wildman–Crippen MR) is 107 cm³/mol. The first kappa shape index (κ1) is 21.2. The van der Waals surface area contributed by atoms with Crippen LogP contribution in [0.4, 0.5) is 4.39 Å². The summed E-state index contributed by atoms with van der Waals surface area (Å²) < 4.78 is 51.0. The average molecular weight is 448 g/mol. The lowest BCUT2D eigenvalue weighted by Crippen LogP contribution is -2.42. The van der Waals surface area contributed by atoms with Gasteiger partial charge in [-0.3, -0.25) is 4.79 Å². The minimum atomic E-state index is -3.91. The Hall–Kier alpha value is -3.05. The van der Waals surface area contributed by atoms with Crippen molar-refractivity contribution >= 4 is 15.9 Å². The Morgan fingerprint density at radius 2 is 1.94 bits per heavy atom. The number of primary amides is 1. The summed E-state index contributed by atoms with van der Waals surface area (Å²) in [5.41, 5.74) is 5.95. The number of aryl methyl sites for hydroxylation is 2. The number of benzene rings is 1. The van der Waals surface area contributed by atoms with E-state index in [1.807, 2.05) is 0 Å². The molecule has 11 heteroatoms. The van der Waals surface area contributed by atoms with Crippen molar-refractivity contribution in [2.45, 2.75) is 31.6 Å². The number of carbonyl (C=O) groups is 1. The maximum absolute atomic E-state index is 13.1. The molecular formula is C20H21FN4O5S. The molecular weight excluding hydrogens is 427 g/mol. The number of hydrogen-bond donors (Lipinski definition) is 1.